The molecule has 3 rings (SSSR count). The molecule has 5 heteroatoms. The summed E-state index contributed by atoms with van der Waals surface area (Å²) >= 11 is 0. The molecule has 1 amide bonds. The third kappa shape index (κ3) is 1.68. The topological polar surface area (TPSA) is 94.9 Å². The van der Waals surface area contributed by atoms with Gasteiger partial charge in [0.05, 0.1) is 5.56 Å². The van der Waals surface area contributed by atoms with Crippen molar-refractivity contribution in [3.05, 3.63) is 29.0 Å². The van der Waals surface area contributed by atoms with Crippen LogP contribution in [-0.4, -0.2) is 15.9 Å². The van der Waals surface area contributed by atoms with Crippen molar-refractivity contribution in [1.29, 1.82) is 0 Å². The van der Waals surface area contributed by atoms with Gasteiger partial charge in [-0.3, -0.25) is 4.79 Å². The number of carbonyl (C=O) groups is 1. The van der Waals surface area contributed by atoms with Crippen LogP contribution in [0.3, 0.4) is 0 Å². The molecule has 18 heavy (non-hydrogen) atoms. The minimum Gasteiger partial charge on any atom is -0.383 e. The first-order chi connectivity index (χ1) is 8.65. The predicted octanol–water partition coefficient (Wildman–Crippen LogP) is 1.19. The molecule has 92 valence electrons. The van der Waals surface area contributed by atoms with Gasteiger partial charge in [-0.1, -0.05) is 0 Å². The lowest BCUT2D eigenvalue weighted by Gasteiger charge is -2.15. The molecule has 0 spiro atoms. The molecule has 0 radical (unpaired) electrons. The summed E-state index contributed by atoms with van der Waals surface area (Å²) in [6.45, 7) is 0. The molecule has 2 aromatic heterocycles. The molecule has 0 aromatic carbocycles. The highest BCUT2D eigenvalue weighted by Crippen LogP contribution is 2.24. The molecular weight excluding hydrogens is 228 g/mol. The Kier molecular flexibility index (Phi) is 2.40. The summed E-state index contributed by atoms with van der Waals surface area (Å²) in [5, 5.41) is 0.832. The summed E-state index contributed by atoms with van der Waals surface area (Å²) in [6, 6.07) is 3.73. The summed E-state index contributed by atoms with van der Waals surface area (Å²) in [5.41, 5.74) is 14.2. The molecule has 0 saturated heterocycles. The van der Waals surface area contributed by atoms with Crippen LogP contribution in [0.5, 0.6) is 0 Å². The van der Waals surface area contributed by atoms with Crippen molar-refractivity contribution in [3.8, 4) is 0 Å². The second kappa shape index (κ2) is 3.94. The van der Waals surface area contributed by atoms with Crippen LogP contribution in [0.1, 0.15) is 34.5 Å². The van der Waals surface area contributed by atoms with Gasteiger partial charge in [-0.15, -0.1) is 0 Å². The van der Waals surface area contributed by atoms with Crippen molar-refractivity contribution in [1.82, 2.24) is 9.97 Å². The fourth-order valence-corrected chi connectivity index (χ4v) is 2.44. The summed E-state index contributed by atoms with van der Waals surface area (Å²) < 4.78 is 0. The third-order valence-electron chi connectivity index (χ3n) is 3.38. The van der Waals surface area contributed by atoms with E-state index in [4.69, 9.17) is 11.5 Å². The predicted molar refractivity (Wildman–Crippen MR) is 69.1 cm³/mol. The van der Waals surface area contributed by atoms with E-state index in [-0.39, 0.29) is 11.4 Å². The van der Waals surface area contributed by atoms with Crippen molar-refractivity contribution >= 4 is 22.8 Å². The lowest BCUT2D eigenvalue weighted by molar-refractivity contribution is 0.100. The van der Waals surface area contributed by atoms with E-state index in [1.54, 1.807) is 6.07 Å². The Balaban J connectivity index is 2.25. The first-order valence-corrected chi connectivity index (χ1v) is 6.04. The van der Waals surface area contributed by atoms with Crippen LogP contribution in [-0.2, 0) is 12.8 Å². The zero-order chi connectivity index (χ0) is 12.7. The number of hydrogen-bond donors (Lipinski definition) is 2. The molecule has 0 saturated carbocycles. The summed E-state index contributed by atoms with van der Waals surface area (Å²) in [4.78, 5) is 19.9. The average molecular weight is 242 g/mol. The quantitative estimate of drug-likeness (QED) is 0.785. The van der Waals surface area contributed by atoms with Crippen LogP contribution in [0.15, 0.2) is 12.1 Å². The van der Waals surface area contributed by atoms with E-state index in [1.807, 2.05) is 0 Å². The van der Waals surface area contributed by atoms with Gasteiger partial charge in [0.2, 0.25) is 0 Å². The maximum Gasteiger partial charge on any atom is 0.252 e. The number of nitrogens with two attached hydrogens (primary N) is 2. The van der Waals surface area contributed by atoms with Crippen molar-refractivity contribution in [3.63, 3.8) is 0 Å². The molecule has 5 nitrogen and oxygen atoms in total. The van der Waals surface area contributed by atoms with Crippen molar-refractivity contribution < 1.29 is 4.79 Å². The Hall–Kier alpha value is -2.17. The molecule has 0 atom stereocenters. The molecule has 1 aliphatic rings. The number of aryl methyl sites for hydroxylation is 2. The molecule has 0 aliphatic heterocycles. The van der Waals surface area contributed by atoms with E-state index in [2.05, 4.69) is 16.0 Å². The van der Waals surface area contributed by atoms with Crippen molar-refractivity contribution in [2.24, 2.45) is 5.73 Å². The number of rotatable bonds is 1. The Bertz CT molecular complexity index is 651. The maximum absolute atomic E-state index is 11.2. The Morgan fingerprint density at radius 3 is 2.72 bits per heavy atom. The van der Waals surface area contributed by atoms with Gasteiger partial charge in [0.1, 0.15) is 5.82 Å². The standard InChI is InChI=1S/C13H14N4O/c14-11-9(12(15)18)6-8-5-7-3-1-2-4-10(7)16-13(8)17-11/h5-6H,1-4H2,(H2,15,18)(H2,14,16,17). The van der Waals surface area contributed by atoms with E-state index in [9.17, 15) is 4.79 Å². The van der Waals surface area contributed by atoms with E-state index in [1.165, 1.54) is 18.4 Å². The molecule has 2 heterocycles. The normalized spacial score (nSPS) is 14.4. The second-order valence-electron chi connectivity index (χ2n) is 4.63. The number of hydrogen-bond acceptors (Lipinski definition) is 4. The molecule has 0 fully saturated rings. The Labute approximate surface area is 104 Å². The summed E-state index contributed by atoms with van der Waals surface area (Å²) in [6.07, 6.45) is 4.38. The van der Waals surface area contributed by atoms with Gasteiger partial charge in [-0.05, 0) is 43.4 Å². The second-order valence-corrected chi connectivity index (χ2v) is 4.63. The average Bonchev–Trinajstić information content (AvgIpc) is 2.35. The van der Waals surface area contributed by atoms with Gasteiger partial charge < -0.3 is 11.5 Å². The zero-order valence-corrected chi connectivity index (χ0v) is 9.94. The maximum atomic E-state index is 11.2. The van der Waals surface area contributed by atoms with E-state index in [0.29, 0.717) is 5.65 Å². The number of nitrogen functional groups attached to an aromatic ring is 1. The van der Waals surface area contributed by atoms with Crippen molar-refractivity contribution in [2.45, 2.75) is 25.7 Å². The molecule has 2 aromatic rings. The van der Waals surface area contributed by atoms with Gasteiger partial charge in [0.15, 0.2) is 5.65 Å². The lowest BCUT2D eigenvalue weighted by Crippen LogP contribution is -2.15. The number of pyridine rings is 2. The fraction of sp³-hybridized carbons (Fsp3) is 0.308. The molecule has 0 bridgehead atoms. The smallest absolute Gasteiger partial charge is 0.252 e. The van der Waals surface area contributed by atoms with Crippen LogP contribution >= 0.6 is 0 Å². The van der Waals surface area contributed by atoms with E-state index < -0.39 is 5.91 Å². The first-order valence-electron chi connectivity index (χ1n) is 6.04. The van der Waals surface area contributed by atoms with Crippen LogP contribution in [0.4, 0.5) is 5.82 Å². The minimum absolute atomic E-state index is 0.151. The molecule has 0 unspecified atom stereocenters. The minimum atomic E-state index is -0.556. The fourth-order valence-electron chi connectivity index (χ4n) is 2.44. The van der Waals surface area contributed by atoms with Gasteiger partial charge in [-0.25, -0.2) is 9.97 Å². The van der Waals surface area contributed by atoms with Crippen LogP contribution in [0, 0.1) is 0 Å². The number of carbonyl (C=O) groups excluding carboxylic acids is 1. The van der Waals surface area contributed by atoms with Crippen LogP contribution in [0.2, 0.25) is 0 Å². The highest BCUT2D eigenvalue weighted by Gasteiger charge is 2.15. The van der Waals surface area contributed by atoms with E-state index >= 15 is 0 Å². The lowest BCUT2D eigenvalue weighted by atomic mass is 9.95. The molecule has 4 N–H and O–H groups in total. The van der Waals surface area contributed by atoms with Gasteiger partial charge >= 0.3 is 0 Å². The monoisotopic (exact) mass is 242 g/mol. The third-order valence-corrected chi connectivity index (χ3v) is 3.38. The number of anilines is 1. The summed E-state index contributed by atoms with van der Waals surface area (Å²) in [7, 11) is 0. The Morgan fingerprint density at radius 2 is 1.94 bits per heavy atom. The summed E-state index contributed by atoms with van der Waals surface area (Å²) in [5.74, 6) is -0.405. The number of amides is 1. The Morgan fingerprint density at radius 1 is 1.17 bits per heavy atom. The molecule has 1 aliphatic carbocycles. The first kappa shape index (κ1) is 11.0. The van der Waals surface area contributed by atoms with Gasteiger partial charge in [0.25, 0.3) is 5.91 Å². The number of aromatic nitrogens is 2. The van der Waals surface area contributed by atoms with Crippen molar-refractivity contribution in [2.75, 3.05) is 5.73 Å². The molecular formula is C13H14N4O. The number of primary amides is 1. The zero-order valence-electron chi connectivity index (χ0n) is 9.94. The SMILES string of the molecule is NC(=O)c1cc2cc3c(nc2nc1N)CCCC3. The largest absolute Gasteiger partial charge is 0.383 e. The number of nitrogens with zero attached hydrogens (tertiary/aromatic N) is 2. The van der Waals surface area contributed by atoms with Gasteiger partial charge in [0, 0.05) is 11.1 Å². The van der Waals surface area contributed by atoms with Gasteiger partial charge in [-0.2, -0.15) is 0 Å². The highest BCUT2D eigenvalue weighted by molar-refractivity contribution is 6.00. The van der Waals surface area contributed by atoms with E-state index in [0.717, 1.165) is 23.9 Å². The number of fused-ring (bicyclic) bond motifs is 2. The van der Waals surface area contributed by atoms with Crippen LogP contribution < -0.4 is 11.5 Å². The van der Waals surface area contributed by atoms with Crippen LogP contribution in [0.25, 0.3) is 11.0 Å². The highest BCUT2D eigenvalue weighted by atomic mass is 16.1.